The summed E-state index contributed by atoms with van der Waals surface area (Å²) in [6.07, 6.45) is 1.91. The second-order valence-electron chi connectivity index (χ2n) is 5.39. The first-order valence-corrected chi connectivity index (χ1v) is 6.81. The Bertz CT molecular complexity index is 194. The Morgan fingerprint density at radius 2 is 2.18 bits per heavy atom. The zero-order valence-electron chi connectivity index (χ0n) is 11.4. The number of hydrogen-bond donors (Lipinski definition) is 3. The van der Waals surface area contributed by atoms with Crippen molar-refractivity contribution < 1.29 is 9.84 Å². The van der Waals surface area contributed by atoms with Crippen molar-refractivity contribution in [2.24, 2.45) is 5.92 Å². The van der Waals surface area contributed by atoms with Gasteiger partial charge in [0.2, 0.25) is 0 Å². The van der Waals surface area contributed by atoms with Crippen LogP contribution in [0.15, 0.2) is 0 Å². The second kappa shape index (κ2) is 8.03. The zero-order chi connectivity index (χ0) is 12.7. The van der Waals surface area contributed by atoms with Crippen molar-refractivity contribution in [3.8, 4) is 0 Å². The van der Waals surface area contributed by atoms with Crippen LogP contribution in [0.25, 0.3) is 0 Å². The van der Waals surface area contributed by atoms with Gasteiger partial charge >= 0.3 is 0 Å². The number of morpholine rings is 1. The number of ether oxygens (including phenoxy) is 1. The van der Waals surface area contributed by atoms with E-state index in [0.717, 1.165) is 32.6 Å². The van der Waals surface area contributed by atoms with Crippen molar-refractivity contribution in [1.29, 1.82) is 0 Å². The molecule has 0 radical (unpaired) electrons. The molecule has 3 unspecified atom stereocenters. The molecular formula is C13H28N2O2. The third-order valence-corrected chi connectivity index (χ3v) is 3.38. The fraction of sp³-hybridized carbons (Fsp3) is 1.00. The SMILES string of the molecule is CC(CC1COCCN1)NC(CCO)C(C)C. The molecule has 1 aliphatic heterocycles. The third-order valence-electron chi connectivity index (χ3n) is 3.38. The standard InChI is InChI=1S/C13H28N2O2/c1-10(2)13(4-6-16)15-11(3)8-12-9-17-7-5-14-12/h10-16H,4-9H2,1-3H3. The Kier molecular flexibility index (Phi) is 7.04. The fourth-order valence-electron chi connectivity index (χ4n) is 2.38. The highest BCUT2D eigenvalue weighted by molar-refractivity contribution is 4.79. The molecule has 0 aromatic carbocycles. The molecule has 4 heteroatoms. The number of aliphatic hydroxyl groups excluding tert-OH is 1. The van der Waals surface area contributed by atoms with Crippen molar-refractivity contribution >= 4 is 0 Å². The molecule has 1 saturated heterocycles. The largest absolute Gasteiger partial charge is 0.396 e. The predicted octanol–water partition coefficient (Wildman–Crippen LogP) is 0.750. The van der Waals surface area contributed by atoms with Gasteiger partial charge in [-0.25, -0.2) is 0 Å². The smallest absolute Gasteiger partial charge is 0.0620 e. The predicted molar refractivity (Wildman–Crippen MR) is 70.2 cm³/mol. The van der Waals surface area contributed by atoms with E-state index in [4.69, 9.17) is 9.84 Å². The molecule has 1 heterocycles. The van der Waals surface area contributed by atoms with Gasteiger partial charge in [-0.2, -0.15) is 0 Å². The molecule has 4 nitrogen and oxygen atoms in total. The lowest BCUT2D eigenvalue weighted by Crippen LogP contribution is -2.47. The van der Waals surface area contributed by atoms with Crippen LogP contribution in [-0.2, 0) is 4.74 Å². The lowest BCUT2D eigenvalue weighted by Gasteiger charge is -2.30. The van der Waals surface area contributed by atoms with Crippen molar-refractivity contribution in [1.82, 2.24) is 10.6 Å². The van der Waals surface area contributed by atoms with Gasteiger partial charge in [0.15, 0.2) is 0 Å². The molecule has 0 aromatic rings. The normalized spacial score (nSPS) is 24.9. The molecule has 17 heavy (non-hydrogen) atoms. The highest BCUT2D eigenvalue weighted by Crippen LogP contribution is 2.09. The van der Waals surface area contributed by atoms with E-state index in [9.17, 15) is 0 Å². The van der Waals surface area contributed by atoms with E-state index in [1.165, 1.54) is 0 Å². The Hall–Kier alpha value is -0.160. The van der Waals surface area contributed by atoms with Crippen LogP contribution in [0.3, 0.4) is 0 Å². The monoisotopic (exact) mass is 244 g/mol. The summed E-state index contributed by atoms with van der Waals surface area (Å²) in [5.41, 5.74) is 0. The molecular weight excluding hydrogens is 216 g/mol. The van der Waals surface area contributed by atoms with E-state index >= 15 is 0 Å². The summed E-state index contributed by atoms with van der Waals surface area (Å²) >= 11 is 0. The average molecular weight is 244 g/mol. The summed E-state index contributed by atoms with van der Waals surface area (Å²) in [6, 6.07) is 1.32. The summed E-state index contributed by atoms with van der Waals surface area (Å²) in [5, 5.41) is 16.1. The summed E-state index contributed by atoms with van der Waals surface area (Å²) in [7, 11) is 0. The van der Waals surface area contributed by atoms with Crippen LogP contribution in [0.4, 0.5) is 0 Å². The van der Waals surface area contributed by atoms with Gasteiger partial charge in [-0.05, 0) is 25.7 Å². The number of rotatable bonds is 7. The first-order valence-electron chi connectivity index (χ1n) is 6.81. The number of hydrogen-bond acceptors (Lipinski definition) is 4. The molecule has 0 spiro atoms. The first-order chi connectivity index (χ1) is 8.13. The molecule has 1 aliphatic rings. The molecule has 0 aromatic heterocycles. The molecule has 1 fully saturated rings. The van der Waals surface area contributed by atoms with Crippen LogP contribution in [0.1, 0.15) is 33.6 Å². The maximum Gasteiger partial charge on any atom is 0.0620 e. The van der Waals surface area contributed by atoms with Gasteiger partial charge < -0.3 is 20.5 Å². The van der Waals surface area contributed by atoms with Gasteiger partial charge in [0, 0.05) is 31.3 Å². The quantitative estimate of drug-likeness (QED) is 0.618. The van der Waals surface area contributed by atoms with Crippen LogP contribution in [0.5, 0.6) is 0 Å². The topological polar surface area (TPSA) is 53.5 Å². The van der Waals surface area contributed by atoms with E-state index in [2.05, 4.69) is 31.4 Å². The fourth-order valence-corrected chi connectivity index (χ4v) is 2.38. The highest BCUT2D eigenvalue weighted by Gasteiger charge is 2.19. The van der Waals surface area contributed by atoms with Gasteiger partial charge in [0.25, 0.3) is 0 Å². The van der Waals surface area contributed by atoms with Gasteiger partial charge in [0.1, 0.15) is 0 Å². The Balaban J connectivity index is 2.27. The second-order valence-corrected chi connectivity index (χ2v) is 5.39. The Morgan fingerprint density at radius 1 is 1.41 bits per heavy atom. The van der Waals surface area contributed by atoms with Crippen molar-refractivity contribution in [3.63, 3.8) is 0 Å². The van der Waals surface area contributed by atoms with Crippen LogP contribution >= 0.6 is 0 Å². The zero-order valence-corrected chi connectivity index (χ0v) is 11.4. The van der Waals surface area contributed by atoms with Gasteiger partial charge in [-0.3, -0.25) is 0 Å². The molecule has 0 saturated carbocycles. The molecule has 102 valence electrons. The average Bonchev–Trinajstić information content (AvgIpc) is 2.29. The van der Waals surface area contributed by atoms with Crippen LogP contribution in [0.2, 0.25) is 0 Å². The van der Waals surface area contributed by atoms with Crippen molar-refractivity contribution in [2.45, 2.75) is 51.7 Å². The van der Waals surface area contributed by atoms with E-state index < -0.39 is 0 Å². The van der Waals surface area contributed by atoms with Gasteiger partial charge in [0.05, 0.1) is 13.2 Å². The van der Waals surface area contributed by atoms with Crippen LogP contribution in [-0.4, -0.2) is 49.6 Å². The minimum atomic E-state index is 0.257. The van der Waals surface area contributed by atoms with E-state index in [0.29, 0.717) is 24.0 Å². The number of nitrogens with one attached hydrogen (secondary N) is 2. The molecule has 0 aliphatic carbocycles. The Morgan fingerprint density at radius 3 is 2.71 bits per heavy atom. The molecule has 0 bridgehead atoms. The van der Waals surface area contributed by atoms with E-state index in [1.807, 2.05) is 0 Å². The lowest BCUT2D eigenvalue weighted by molar-refractivity contribution is 0.0701. The molecule has 0 amide bonds. The summed E-state index contributed by atoms with van der Waals surface area (Å²) in [4.78, 5) is 0. The first kappa shape index (κ1) is 14.9. The minimum absolute atomic E-state index is 0.257. The van der Waals surface area contributed by atoms with Crippen LogP contribution < -0.4 is 10.6 Å². The third kappa shape index (κ3) is 5.82. The van der Waals surface area contributed by atoms with Crippen LogP contribution in [0, 0.1) is 5.92 Å². The maximum absolute atomic E-state index is 9.05. The van der Waals surface area contributed by atoms with Gasteiger partial charge in [-0.1, -0.05) is 13.8 Å². The molecule has 3 N–H and O–H groups in total. The number of aliphatic hydroxyl groups is 1. The summed E-state index contributed by atoms with van der Waals surface area (Å²) in [6.45, 7) is 9.47. The summed E-state index contributed by atoms with van der Waals surface area (Å²) in [5.74, 6) is 0.556. The molecule has 1 rings (SSSR count). The highest BCUT2D eigenvalue weighted by atomic mass is 16.5. The van der Waals surface area contributed by atoms with E-state index in [1.54, 1.807) is 0 Å². The van der Waals surface area contributed by atoms with Gasteiger partial charge in [-0.15, -0.1) is 0 Å². The summed E-state index contributed by atoms with van der Waals surface area (Å²) < 4.78 is 5.45. The molecule has 3 atom stereocenters. The Labute approximate surface area is 105 Å². The minimum Gasteiger partial charge on any atom is -0.396 e. The lowest BCUT2D eigenvalue weighted by atomic mass is 9.99. The maximum atomic E-state index is 9.05. The van der Waals surface area contributed by atoms with Crippen molar-refractivity contribution in [3.05, 3.63) is 0 Å². The van der Waals surface area contributed by atoms with Crippen molar-refractivity contribution in [2.75, 3.05) is 26.4 Å². The van der Waals surface area contributed by atoms with E-state index in [-0.39, 0.29) is 6.61 Å².